The molecule has 0 saturated heterocycles. The van der Waals surface area contributed by atoms with E-state index in [0.717, 1.165) is 36.8 Å². The Hall–Kier alpha value is -3.93. The first-order chi connectivity index (χ1) is 17.4. The summed E-state index contributed by atoms with van der Waals surface area (Å²) in [5, 5.41) is 6.49. The minimum absolute atomic E-state index is 0.0854. The van der Waals surface area contributed by atoms with Crippen molar-refractivity contribution in [2.45, 2.75) is 45.6 Å². The number of nitrogens with one attached hydrogen (secondary N) is 2. The van der Waals surface area contributed by atoms with Crippen molar-refractivity contribution in [2.24, 2.45) is 0 Å². The van der Waals surface area contributed by atoms with Crippen molar-refractivity contribution in [1.29, 1.82) is 0 Å². The predicted molar refractivity (Wildman–Crippen MR) is 142 cm³/mol. The summed E-state index contributed by atoms with van der Waals surface area (Å²) in [4.78, 5) is 25.8. The molecule has 36 heavy (non-hydrogen) atoms. The van der Waals surface area contributed by atoms with Crippen LogP contribution in [0.25, 0.3) is 33.4 Å². The molecule has 0 aliphatic rings. The van der Waals surface area contributed by atoms with Crippen LogP contribution in [0.1, 0.15) is 60.2 Å². The fourth-order valence-electron chi connectivity index (χ4n) is 4.53. The highest BCUT2D eigenvalue weighted by Crippen LogP contribution is 2.36. The maximum atomic E-state index is 13.5. The Morgan fingerprint density at radius 3 is 2.19 bits per heavy atom. The molecule has 186 valence electrons. The summed E-state index contributed by atoms with van der Waals surface area (Å²) >= 11 is 0. The Morgan fingerprint density at radius 1 is 0.861 bits per heavy atom. The Labute approximate surface area is 210 Å². The number of halogens is 1. The fraction of sp³-hybridized carbons (Fsp3) is 0.267. The third-order valence-electron chi connectivity index (χ3n) is 6.32. The van der Waals surface area contributed by atoms with Crippen LogP contribution in [-0.4, -0.2) is 24.9 Å². The first-order valence-corrected chi connectivity index (χ1v) is 12.4. The van der Waals surface area contributed by atoms with Gasteiger partial charge in [0.1, 0.15) is 17.2 Å². The van der Waals surface area contributed by atoms with Crippen LogP contribution in [0, 0.1) is 5.82 Å². The summed E-state index contributed by atoms with van der Waals surface area (Å²) in [7, 11) is 1.56. The number of carbonyl (C=O) groups is 2. The quantitative estimate of drug-likeness (QED) is 0.269. The molecule has 0 saturated carbocycles. The average molecular weight is 487 g/mol. The Morgan fingerprint density at radius 2 is 1.53 bits per heavy atom. The van der Waals surface area contributed by atoms with Gasteiger partial charge in [-0.3, -0.25) is 9.59 Å². The number of hydrogen-bond donors (Lipinski definition) is 2. The van der Waals surface area contributed by atoms with E-state index in [9.17, 15) is 14.0 Å². The van der Waals surface area contributed by atoms with Crippen LogP contribution in [0.3, 0.4) is 0 Å². The molecular formula is C30H31FN2O3. The van der Waals surface area contributed by atoms with Crippen LogP contribution in [-0.2, 0) is 0 Å². The summed E-state index contributed by atoms with van der Waals surface area (Å²) in [6, 6.07) is 19.1. The number of benzene rings is 3. The Kier molecular flexibility index (Phi) is 7.84. The molecule has 4 aromatic rings. The lowest BCUT2D eigenvalue weighted by atomic mass is 9.98. The molecule has 0 radical (unpaired) electrons. The van der Waals surface area contributed by atoms with Crippen molar-refractivity contribution in [1.82, 2.24) is 10.6 Å². The van der Waals surface area contributed by atoms with Gasteiger partial charge in [0.05, 0.1) is 5.56 Å². The SMILES string of the molecule is CCCC(CCC)NC(=O)c1cccc(-c2ccc3oc(-c4ccc(F)cc4)c(C(=O)NC)c3c2)c1. The largest absolute Gasteiger partial charge is 0.455 e. The molecule has 1 heterocycles. The summed E-state index contributed by atoms with van der Waals surface area (Å²) in [6.45, 7) is 4.24. The molecule has 0 aliphatic heterocycles. The van der Waals surface area contributed by atoms with Crippen LogP contribution >= 0.6 is 0 Å². The number of rotatable bonds is 9. The molecule has 4 rings (SSSR count). The zero-order valence-electron chi connectivity index (χ0n) is 20.9. The summed E-state index contributed by atoms with van der Waals surface area (Å²) in [5.74, 6) is -0.361. The van der Waals surface area contributed by atoms with E-state index < -0.39 is 0 Å². The van der Waals surface area contributed by atoms with Crippen LogP contribution in [0.5, 0.6) is 0 Å². The van der Waals surface area contributed by atoms with Crippen molar-refractivity contribution in [3.8, 4) is 22.5 Å². The van der Waals surface area contributed by atoms with Gasteiger partial charge >= 0.3 is 0 Å². The van der Waals surface area contributed by atoms with Crippen LogP contribution in [0.2, 0.25) is 0 Å². The van der Waals surface area contributed by atoms with Crippen LogP contribution < -0.4 is 10.6 Å². The maximum absolute atomic E-state index is 13.5. The van der Waals surface area contributed by atoms with E-state index in [-0.39, 0.29) is 23.7 Å². The summed E-state index contributed by atoms with van der Waals surface area (Å²) in [5.41, 5.74) is 3.85. The third kappa shape index (κ3) is 5.33. The second kappa shape index (κ2) is 11.2. The topological polar surface area (TPSA) is 71.3 Å². The van der Waals surface area contributed by atoms with Gasteiger partial charge in [-0.15, -0.1) is 0 Å². The molecule has 5 nitrogen and oxygen atoms in total. The van der Waals surface area contributed by atoms with Gasteiger partial charge in [-0.05, 0) is 72.5 Å². The van der Waals surface area contributed by atoms with Crippen LogP contribution in [0.15, 0.2) is 71.1 Å². The summed E-state index contributed by atoms with van der Waals surface area (Å²) < 4.78 is 19.5. The maximum Gasteiger partial charge on any atom is 0.255 e. The predicted octanol–water partition coefficient (Wildman–Crippen LogP) is 6.96. The molecule has 0 unspecified atom stereocenters. The highest BCUT2D eigenvalue weighted by Gasteiger charge is 2.22. The molecule has 0 bridgehead atoms. The number of furan rings is 1. The van der Waals surface area contributed by atoms with E-state index in [1.807, 2.05) is 42.5 Å². The second-order valence-electron chi connectivity index (χ2n) is 8.93. The van der Waals surface area contributed by atoms with Gasteiger partial charge in [-0.2, -0.15) is 0 Å². The average Bonchev–Trinajstić information content (AvgIpc) is 3.28. The summed E-state index contributed by atoms with van der Waals surface area (Å²) in [6.07, 6.45) is 3.94. The van der Waals surface area contributed by atoms with E-state index in [1.54, 1.807) is 19.2 Å². The molecule has 0 spiro atoms. The molecule has 2 amide bonds. The molecule has 6 heteroatoms. The van der Waals surface area contributed by atoms with E-state index >= 15 is 0 Å². The van der Waals surface area contributed by atoms with E-state index in [1.165, 1.54) is 12.1 Å². The number of hydrogen-bond acceptors (Lipinski definition) is 3. The number of fused-ring (bicyclic) bond motifs is 1. The minimum atomic E-state index is -0.363. The Bertz CT molecular complexity index is 1370. The number of carbonyl (C=O) groups excluding carboxylic acids is 2. The lowest BCUT2D eigenvalue weighted by Crippen LogP contribution is -2.34. The standard InChI is InChI=1S/C30H31FN2O3/c1-4-7-24(8-5-2)33-29(34)22-10-6-9-20(17-22)21-13-16-26-25(18-21)27(30(35)32-3)28(36-26)19-11-14-23(31)15-12-19/h6,9-18,24H,4-5,7-8H2,1-3H3,(H,32,35)(H,33,34). The molecule has 0 aliphatic carbocycles. The molecule has 3 aromatic carbocycles. The van der Waals surface area contributed by atoms with E-state index in [2.05, 4.69) is 24.5 Å². The molecule has 0 atom stereocenters. The lowest BCUT2D eigenvalue weighted by Gasteiger charge is -2.17. The van der Waals surface area contributed by atoms with Gasteiger partial charge < -0.3 is 15.1 Å². The van der Waals surface area contributed by atoms with Gasteiger partial charge in [0.2, 0.25) is 0 Å². The first-order valence-electron chi connectivity index (χ1n) is 12.4. The van der Waals surface area contributed by atoms with Gasteiger partial charge in [0.25, 0.3) is 11.8 Å². The lowest BCUT2D eigenvalue weighted by molar-refractivity contribution is 0.0930. The minimum Gasteiger partial charge on any atom is -0.455 e. The van der Waals surface area contributed by atoms with Crippen molar-refractivity contribution in [2.75, 3.05) is 7.05 Å². The van der Waals surface area contributed by atoms with Crippen molar-refractivity contribution < 1.29 is 18.4 Å². The van der Waals surface area contributed by atoms with Gasteiger partial charge in [-0.1, -0.05) is 44.9 Å². The van der Waals surface area contributed by atoms with Gasteiger partial charge in [-0.25, -0.2) is 4.39 Å². The third-order valence-corrected chi connectivity index (χ3v) is 6.32. The fourth-order valence-corrected chi connectivity index (χ4v) is 4.53. The van der Waals surface area contributed by atoms with Crippen molar-refractivity contribution >= 4 is 22.8 Å². The first kappa shape index (κ1) is 25.2. The van der Waals surface area contributed by atoms with Crippen molar-refractivity contribution in [3.05, 3.63) is 83.7 Å². The highest BCUT2D eigenvalue weighted by molar-refractivity contribution is 6.11. The monoisotopic (exact) mass is 486 g/mol. The van der Waals surface area contributed by atoms with E-state index in [0.29, 0.717) is 33.4 Å². The zero-order chi connectivity index (χ0) is 25.7. The van der Waals surface area contributed by atoms with E-state index in [4.69, 9.17) is 4.42 Å². The second-order valence-corrected chi connectivity index (χ2v) is 8.93. The molecule has 0 fully saturated rings. The van der Waals surface area contributed by atoms with Crippen molar-refractivity contribution in [3.63, 3.8) is 0 Å². The highest BCUT2D eigenvalue weighted by atomic mass is 19.1. The normalized spacial score (nSPS) is 11.1. The molecule has 1 aromatic heterocycles. The number of amides is 2. The Balaban J connectivity index is 1.72. The zero-order valence-corrected chi connectivity index (χ0v) is 20.9. The smallest absolute Gasteiger partial charge is 0.255 e. The van der Waals surface area contributed by atoms with Crippen LogP contribution in [0.4, 0.5) is 4.39 Å². The molecular weight excluding hydrogens is 455 g/mol. The van der Waals surface area contributed by atoms with Gasteiger partial charge in [0, 0.05) is 29.6 Å². The molecule has 2 N–H and O–H groups in total. The van der Waals surface area contributed by atoms with Gasteiger partial charge in [0.15, 0.2) is 0 Å².